The Balaban J connectivity index is 1.53. The number of benzene rings is 4. The zero-order valence-corrected chi connectivity index (χ0v) is 27.6. The Morgan fingerprint density at radius 3 is 2.39 bits per heavy atom. The van der Waals surface area contributed by atoms with Gasteiger partial charge in [-0.3, -0.25) is 10.2 Å². The predicted octanol–water partition coefficient (Wildman–Crippen LogP) is 7.36. The number of nitrogens with one attached hydrogen (secondary N) is 2. The normalized spacial score (nSPS) is 17.1. The summed E-state index contributed by atoms with van der Waals surface area (Å²) in [5, 5.41) is 12.8. The van der Waals surface area contributed by atoms with E-state index in [1.54, 1.807) is 48.5 Å². The Morgan fingerprint density at radius 1 is 1.02 bits per heavy atom. The highest BCUT2D eigenvalue weighted by molar-refractivity contribution is 9.10. The minimum atomic E-state index is -4.46. The highest BCUT2D eigenvalue weighted by Gasteiger charge is 2.54. The molecule has 0 radical (unpaired) electrons. The van der Waals surface area contributed by atoms with Crippen molar-refractivity contribution in [2.75, 3.05) is 13.2 Å². The average Bonchev–Trinajstić information content (AvgIpc) is 3.49. The molecule has 1 heterocycles. The third-order valence-corrected chi connectivity index (χ3v) is 8.36. The van der Waals surface area contributed by atoms with Gasteiger partial charge in [-0.15, -0.1) is 0 Å². The zero-order valence-electron chi connectivity index (χ0n) is 26.0. The van der Waals surface area contributed by atoms with Crippen molar-refractivity contribution in [3.05, 3.63) is 145 Å². The molecule has 1 aliphatic heterocycles. The summed E-state index contributed by atoms with van der Waals surface area (Å²) in [6.45, 7) is 0.385. The van der Waals surface area contributed by atoms with Gasteiger partial charge >= 0.3 is 6.18 Å². The van der Waals surface area contributed by atoms with Crippen LogP contribution in [-0.4, -0.2) is 35.7 Å². The Morgan fingerprint density at radius 2 is 1.71 bits per heavy atom. The third-order valence-electron chi connectivity index (χ3n) is 7.83. The number of aliphatic hydroxyl groups excluding tert-OH is 1. The summed E-state index contributed by atoms with van der Waals surface area (Å²) in [6.07, 6.45) is -4.87. The van der Waals surface area contributed by atoms with E-state index in [0.717, 1.165) is 22.2 Å². The lowest BCUT2D eigenvalue weighted by molar-refractivity contribution is -0.137. The fourth-order valence-electron chi connectivity index (χ4n) is 5.36. The molecule has 14 heteroatoms. The van der Waals surface area contributed by atoms with Gasteiger partial charge in [0, 0.05) is 40.9 Å². The van der Waals surface area contributed by atoms with Crippen LogP contribution in [0.25, 0.3) is 10.4 Å². The fraction of sp³-hybridized carbons (Fsp3) is 0.257. The summed E-state index contributed by atoms with van der Waals surface area (Å²) in [4.78, 5) is 22.3. The minimum Gasteiger partial charge on any atom is -0.494 e. The van der Waals surface area contributed by atoms with Gasteiger partial charge in [-0.25, -0.2) is 10.4 Å². The van der Waals surface area contributed by atoms with Crippen molar-refractivity contribution in [2.45, 2.75) is 43.8 Å². The van der Waals surface area contributed by atoms with Gasteiger partial charge in [-0.1, -0.05) is 69.6 Å². The van der Waals surface area contributed by atoms with Crippen molar-refractivity contribution in [3.63, 3.8) is 0 Å². The van der Waals surface area contributed by atoms with Crippen LogP contribution in [0, 0.1) is 0 Å². The maximum absolute atomic E-state index is 14.5. The predicted molar refractivity (Wildman–Crippen MR) is 180 cm³/mol. The molecule has 1 aliphatic rings. The van der Waals surface area contributed by atoms with Gasteiger partial charge in [-0.05, 0) is 76.3 Å². The van der Waals surface area contributed by atoms with Crippen LogP contribution >= 0.6 is 15.9 Å². The second kappa shape index (κ2) is 16.0. The number of halogens is 4. The molecule has 4 aromatic carbocycles. The number of carbonyl (C=O) groups is 1. The first kappa shape index (κ1) is 35.4. The standard InChI is InChI=1S/C35H32BrF3N6O4/c36-28-14-8-23(9-15-28)20-34(33(47)44-41-21-24-6-12-27(13-7-24)35(37,38)39)31(30-5-2-1-4-26(30)22-42-45-40)49-32(43-34)25-10-16-29(17-11-25)48-19-3-18-46/h1-2,4-17,31,41,46H,3,18-22H2,(H,44,47)/t31-,34-/m0/s1. The molecule has 1 amide bonds. The number of aliphatic imine (C=N–C) groups is 1. The van der Waals surface area contributed by atoms with E-state index in [9.17, 15) is 18.0 Å². The fourth-order valence-corrected chi connectivity index (χ4v) is 5.63. The largest absolute Gasteiger partial charge is 0.494 e. The summed E-state index contributed by atoms with van der Waals surface area (Å²) >= 11 is 3.45. The molecular weight excluding hydrogens is 705 g/mol. The van der Waals surface area contributed by atoms with E-state index in [0.29, 0.717) is 41.0 Å². The zero-order chi connectivity index (χ0) is 34.9. The molecule has 0 saturated carbocycles. The molecule has 0 aliphatic carbocycles. The van der Waals surface area contributed by atoms with Crippen LogP contribution in [0.15, 0.2) is 112 Å². The van der Waals surface area contributed by atoms with Crippen molar-refractivity contribution >= 4 is 27.7 Å². The number of azide groups is 1. The molecule has 0 saturated heterocycles. The van der Waals surface area contributed by atoms with Crippen molar-refractivity contribution < 1.29 is 32.5 Å². The van der Waals surface area contributed by atoms with Crippen LogP contribution < -0.4 is 15.6 Å². The van der Waals surface area contributed by atoms with Crippen LogP contribution in [0.4, 0.5) is 13.2 Å². The smallest absolute Gasteiger partial charge is 0.416 e. The van der Waals surface area contributed by atoms with Gasteiger partial charge in [0.25, 0.3) is 5.91 Å². The highest BCUT2D eigenvalue weighted by Crippen LogP contribution is 2.44. The topological polar surface area (TPSA) is 141 Å². The summed E-state index contributed by atoms with van der Waals surface area (Å²) in [5.41, 5.74) is 15.4. The number of ether oxygens (including phenoxy) is 2. The van der Waals surface area contributed by atoms with E-state index >= 15 is 0 Å². The van der Waals surface area contributed by atoms with Gasteiger partial charge in [0.15, 0.2) is 11.6 Å². The Kier molecular flexibility index (Phi) is 11.6. The molecule has 49 heavy (non-hydrogen) atoms. The summed E-state index contributed by atoms with van der Waals surface area (Å²) in [7, 11) is 0. The molecule has 4 aromatic rings. The monoisotopic (exact) mass is 736 g/mol. The maximum atomic E-state index is 14.5. The number of aliphatic hydroxyl groups is 1. The van der Waals surface area contributed by atoms with Crippen molar-refractivity contribution in [2.24, 2.45) is 10.1 Å². The maximum Gasteiger partial charge on any atom is 0.416 e. The molecule has 0 aromatic heterocycles. The molecule has 0 fully saturated rings. The number of hydrogen-bond donors (Lipinski definition) is 3. The molecule has 0 bridgehead atoms. The Bertz CT molecular complexity index is 1820. The lowest BCUT2D eigenvalue weighted by atomic mass is 9.81. The summed E-state index contributed by atoms with van der Waals surface area (Å²) < 4.78 is 52.3. The number of rotatable bonds is 14. The molecular formula is C35H32BrF3N6O4. The van der Waals surface area contributed by atoms with Gasteiger partial charge in [0.2, 0.25) is 5.90 Å². The van der Waals surface area contributed by atoms with E-state index in [1.165, 1.54) is 12.1 Å². The Hall–Kier alpha value is -4.88. The summed E-state index contributed by atoms with van der Waals surface area (Å²) in [5.74, 6) is 0.226. The highest BCUT2D eigenvalue weighted by atomic mass is 79.9. The molecule has 3 N–H and O–H groups in total. The first-order valence-corrected chi connectivity index (χ1v) is 16.1. The van der Waals surface area contributed by atoms with Crippen molar-refractivity contribution in [3.8, 4) is 5.75 Å². The first-order valence-electron chi connectivity index (χ1n) is 15.3. The number of hydrogen-bond acceptors (Lipinski definition) is 7. The third kappa shape index (κ3) is 8.78. The Labute approximate surface area is 288 Å². The lowest BCUT2D eigenvalue weighted by Crippen LogP contribution is -2.53. The van der Waals surface area contributed by atoms with Gasteiger partial charge in [0.1, 0.15) is 5.75 Å². The quantitative estimate of drug-likeness (QED) is 0.0408. The number of nitrogens with zero attached hydrogens (tertiary/aromatic N) is 4. The van der Waals surface area contributed by atoms with Crippen molar-refractivity contribution in [1.29, 1.82) is 0 Å². The molecule has 10 nitrogen and oxygen atoms in total. The van der Waals surface area contributed by atoms with Crippen LogP contribution in [-0.2, 0) is 35.2 Å². The average molecular weight is 738 g/mol. The van der Waals surface area contributed by atoms with Crippen LogP contribution in [0.1, 0.15) is 45.9 Å². The van der Waals surface area contributed by atoms with Crippen LogP contribution in [0.2, 0.25) is 0 Å². The second-order valence-electron chi connectivity index (χ2n) is 11.2. The van der Waals surface area contributed by atoms with E-state index in [4.69, 9.17) is 25.1 Å². The van der Waals surface area contributed by atoms with E-state index < -0.39 is 29.3 Å². The molecule has 2 atom stereocenters. The number of hydrazine groups is 1. The first-order chi connectivity index (χ1) is 23.6. The lowest BCUT2D eigenvalue weighted by Gasteiger charge is -2.32. The minimum absolute atomic E-state index is 0.00387. The van der Waals surface area contributed by atoms with E-state index in [2.05, 4.69) is 36.8 Å². The van der Waals surface area contributed by atoms with Gasteiger partial charge in [-0.2, -0.15) is 13.2 Å². The number of alkyl halides is 3. The SMILES string of the molecule is [N-]=[N+]=NCc1ccccc1[C@@H]1OC(c2ccc(OCCCO)cc2)=N[C@]1(Cc1ccc(Br)cc1)C(=O)NNCc1ccc(C(F)(F)F)cc1. The molecule has 0 spiro atoms. The van der Waals surface area contributed by atoms with Gasteiger partial charge in [0.05, 0.1) is 18.7 Å². The second-order valence-corrected chi connectivity index (χ2v) is 12.1. The van der Waals surface area contributed by atoms with Gasteiger partial charge < -0.3 is 14.6 Å². The molecule has 5 rings (SSSR count). The van der Waals surface area contributed by atoms with Crippen LogP contribution in [0.5, 0.6) is 5.75 Å². The number of carbonyl (C=O) groups excluding carboxylic acids is 1. The van der Waals surface area contributed by atoms with E-state index in [-0.39, 0.29) is 32.0 Å². The van der Waals surface area contributed by atoms with Crippen molar-refractivity contribution in [1.82, 2.24) is 10.9 Å². The molecule has 254 valence electrons. The summed E-state index contributed by atoms with van der Waals surface area (Å²) in [6, 6.07) is 26.2. The number of amides is 1. The molecule has 0 unspecified atom stereocenters. The van der Waals surface area contributed by atoms with Crippen LogP contribution in [0.3, 0.4) is 0 Å². The van der Waals surface area contributed by atoms with E-state index in [1.807, 2.05) is 24.3 Å².